The SMILES string of the molecule is CC1CCN(c2ccc(NC(=O)[C@H](C)N)cc2)CC1. The summed E-state index contributed by atoms with van der Waals surface area (Å²) in [4.78, 5) is 13.9. The minimum Gasteiger partial charge on any atom is -0.372 e. The molecule has 0 spiro atoms. The Bertz CT molecular complexity index is 420. The molecule has 3 N–H and O–H groups in total. The average Bonchev–Trinajstić information content (AvgIpc) is 2.40. The van der Waals surface area contributed by atoms with E-state index in [1.165, 1.54) is 18.5 Å². The quantitative estimate of drug-likeness (QED) is 0.877. The fourth-order valence-corrected chi connectivity index (χ4v) is 2.28. The molecule has 1 saturated heterocycles. The Morgan fingerprint density at radius 2 is 1.89 bits per heavy atom. The molecule has 1 aromatic carbocycles. The first-order valence-corrected chi connectivity index (χ1v) is 6.97. The Morgan fingerprint density at radius 3 is 2.42 bits per heavy atom. The third kappa shape index (κ3) is 3.70. The summed E-state index contributed by atoms with van der Waals surface area (Å²) in [6.07, 6.45) is 2.51. The highest BCUT2D eigenvalue weighted by atomic mass is 16.2. The maximum atomic E-state index is 11.5. The zero-order valence-corrected chi connectivity index (χ0v) is 11.7. The number of hydrogen-bond donors (Lipinski definition) is 2. The van der Waals surface area contributed by atoms with Crippen molar-refractivity contribution in [1.29, 1.82) is 0 Å². The Balaban J connectivity index is 1.96. The molecule has 1 fully saturated rings. The van der Waals surface area contributed by atoms with Crippen molar-refractivity contribution < 1.29 is 4.79 Å². The molecule has 1 heterocycles. The zero-order valence-electron chi connectivity index (χ0n) is 11.7. The van der Waals surface area contributed by atoms with E-state index >= 15 is 0 Å². The molecular formula is C15H23N3O. The normalized spacial score (nSPS) is 18.2. The van der Waals surface area contributed by atoms with Crippen molar-refractivity contribution in [2.24, 2.45) is 11.7 Å². The molecule has 1 aromatic rings. The lowest BCUT2D eigenvalue weighted by Crippen LogP contribution is -2.33. The number of piperidine rings is 1. The molecule has 1 aliphatic heterocycles. The van der Waals surface area contributed by atoms with Crippen molar-refractivity contribution in [3.05, 3.63) is 24.3 Å². The molecule has 4 heteroatoms. The van der Waals surface area contributed by atoms with Gasteiger partial charge < -0.3 is 16.0 Å². The van der Waals surface area contributed by atoms with Gasteiger partial charge in [-0.25, -0.2) is 0 Å². The van der Waals surface area contributed by atoms with Crippen LogP contribution in [-0.4, -0.2) is 25.0 Å². The standard InChI is InChI=1S/C15H23N3O/c1-11-7-9-18(10-8-11)14-5-3-13(4-6-14)17-15(19)12(2)16/h3-6,11-12H,7-10,16H2,1-2H3,(H,17,19)/t12-/m0/s1. The predicted molar refractivity (Wildman–Crippen MR) is 79.3 cm³/mol. The number of nitrogens with zero attached hydrogens (tertiary/aromatic N) is 1. The van der Waals surface area contributed by atoms with Gasteiger partial charge >= 0.3 is 0 Å². The van der Waals surface area contributed by atoms with Crippen molar-refractivity contribution in [1.82, 2.24) is 0 Å². The Morgan fingerprint density at radius 1 is 1.32 bits per heavy atom. The monoisotopic (exact) mass is 261 g/mol. The minimum atomic E-state index is -0.483. The van der Waals surface area contributed by atoms with Crippen LogP contribution < -0.4 is 16.0 Å². The number of amides is 1. The summed E-state index contributed by atoms with van der Waals surface area (Å²) in [5.74, 6) is 0.681. The van der Waals surface area contributed by atoms with Crippen LogP contribution in [0.2, 0.25) is 0 Å². The van der Waals surface area contributed by atoms with E-state index in [2.05, 4.69) is 29.3 Å². The topological polar surface area (TPSA) is 58.4 Å². The number of anilines is 2. The number of carbonyl (C=O) groups excluding carboxylic acids is 1. The Kier molecular flexibility index (Phi) is 4.43. The number of benzene rings is 1. The van der Waals surface area contributed by atoms with Crippen molar-refractivity contribution >= 4 is 17.3 Å². The van der Waals surface area contributed by atoms with Crippen LogP contribution in [0.3, 0.4) is 0 Å². The van der Waals surface area contributed by atoms with Crippen molar-refractivity contribution in [2.75, 3.05) is 23.3 Å². The first kappa shape index (κ1) is 13.9. The predicted octanol–water partition coefficient (Wildman–Crippen LogP) is 2.21. The van der Waals surface area contributed by atoms with Gasteiger partial charge in [-0.2, -0.15) is 0 Å². The number of nitrogens with two attached hydrogens (primary N) is 1. The summed E-state index contributed by atoms with van der Waals surface area (Å²) in [7, 11) is 0. The second-order valence-corrected chi connectivity index (χ2v) is 5.49. The summed E-state index contributed by atoms with van der Waals surface area (Å²) in [6.45, 7) is 6.22. The van der Waals surface area contributed by atoms with Crippen LogP contribution in [0.25, 0.3) is 0 Å². The minimum absolute atomic E-state index is 0.153. The summed E-state index contributed by atoms with van der Waals surface area (Å²) in [5, 5.41) is 2.80. The van der Waals surface area contributed by atoms with Crippen LogP contribution in [0.15, 0.2) is 24.3 Å². The fourth-order valence-electron chi connectivity index (χ4n) is 2.28. The van der Waals surface area contributed by atoms with Crippen LogP contribution in [0.1, 0.15) is 26.7 Å². The molecular weight excluding hydrogens is 238 g/mol. The summed E-state index contributed by atoms with van der Waals surface area (Å²) in [5.41, 5.74) is 7.55. The molecule has 1 atom stereocenters. The lowest BCUT2D eigenvalue weighted by Gasteiger charge is -2.32. The highest BCUT2D eigenvalue weighted by molar-refractivity contribution is 5.94. The number of carbonyl (C=O) groups is 1. The van der Waals surface area contributed by atoms with E-state index in [9.17, 15) is 4.79 Å². The van der Waals surface area contributed by atoms with Crippen LogP contribution >= 0.6 is 0 Å². The van der Waals surface area contributed by atoms with Gasteiger partial charge in [0.1, 0.15) is 0 Å². The summed E-state index contributed by atoms with van der Waals surface area (Å²) >= 11 is 0. The molecule has 2 rings (SSSR count). The van der Waals surface area contributed by atoms with Gasteiger partial charge in [-0.15, -0.1) is 0 Å². The van der Waals surface area contributed by atoms with Crippen LogP contribution in [0, 0.1) is 5.92 Å². The van der Waals surface area contributed by atoms with E-state index in [0.717, 1.165) is 24.7 Å². The maximum Gasteiger partial charge on any atom is 0.240 e. The van der Waals surface area contributed by atoms with Gasteiger partial charge in [0.25, 0.3) is 0 Å². The smallest absolute Gasteiger partial charge is 0.240 e. The highest BCUT2D eigenvalue weighted by Gasteiger charge is 2.16. The number of nitrogens with one attached hydrogen (secondary N) is 1. The molecule has 104 valence electrons. The van der Waals surface area contributed by atoms with Crippen LogP contribution in [0.5, 0.6) is 0 Å². The molecule has 0 aromatic heterocycles. The van der Waals surface area contributed by atoms with E-state index in [0.29, 0.717) is 0 Å². The van der Waals surface area contributed by atoms with Crippen LogP contribution in [-0.2, 0) is 4.79 Å². The molecule has 0 radical (unpaired) electrons. The fraction of sp³-hybridized carbons (Fsp3) is 0.533. The lowest BCUT2D eigenvalue weighted by molar-refractivity contribution is -0.117. The van der Waals surface area contributed by atoms with Gasteiger partial charge in [0, 0.05) is 24.5 Å². The third-order valence-corrected chi connectivity index (χ3v) is 3.70. The summed E-state index contributed by atoms with van der Waals surface area (Å²) < 4.78 is 0. The first-order valence-electron chi connectivity index (χ1n) is 6.97. The van der Waals surface area contributed by atoms with Gasteiger partial charge in [0.05, 0.1) is 6.04 Å². The Hall–Kier alpha value is -1.55. The molecule has 0 unspecified atom stereocenters. The number of hydrogen-bond acceptors (Lipinski definition) is 3. The molecule has 0 aliphatic carbocycles. The highest BCUT2D eigenvalue weighted by Crippen LogP contribution is 2.24. The molecule has 19 heavy (non-hydrogen) atoms. The third-order valence-electron chi connectivity index (χ3n) is 3.70. The molecule has 4 nitrogen and oxygen atoms in total. The van der Waals surface area contributed by atoms with Crippen molar-refractivity contribution in [2.45, 2.75) is 32.7 Å². The van der Waals surface area contributed by atoms with E-state index in [-0.39, 0.29) is 5.91 Å². The van der Waals surface area contributed by atoms with E-state index in [1.807, 2.05) is 12.1 Å². The van der Waals surface area contributed by atoms with E-state index in [1.54, 1.807) is 6.92 Å². The molecule has 0 bridgehead atoms. The van der Waals surface area contributed by atoms with Gasteiger partial charge in [0.15, 0.2) is 0 Å². The first-order chi connectivity index (χ1) is 9.06. The molecule has 1 amide bonds. The number of rotatable bonds is 3. The molecule has 1 aliphatic rings. The zero-order chi connectivity index (χ0) is 13.8. The second-order valence-electron chi connectivity index (χ2n) is 5.49. The lowest BCUT2D eigenvalue weighted by atomic mass is 9.99. The second kappa shape index (κ2) is 6.06. The van der Waals surface area contributed by atoms with Crippen molar-refractivity contribution in [3.8, 4) is 0 Å². The van der Waals surface area contributed by atoms with Crippen LogP contribution in [0.4, 0.5) is 11.4 Å². The average molecular weight is 261 g/mol. The largest absolute Gasteiger partial charge is 0.372 e. The van der Waals surface area contributed by atoms with Gasteiger partial charge in [-0.3, -0.25) is 4.79 Å². The van der Waals surface area contributed by atoms with Gasteiger partial charge in [-0.05, 0) is 49.9 Å². The van der Waals surface area contributed by atoms with Gasteiger partial charge in [-0.1, -0.05) is 6.92 Å². The Labute approximate surface area is 115 Å². The van der Waals surface area contributed by atoms with Crippen molar-refractivity contribution in [3.63, 3.8) is 0 Å². The van der Waals surface area contributed by atoms with Gasteiger partial charge in [0.2, 0.25) is 5.91 Å². The molecule has 0 saturated carbocycles. The van der Waals surface area contributed by atoms with E-state index in [4.69, 9.17) is 5.73 Å². The summed E-state index contributed by atoms with van der Waals surface area (Å²) in [6, 6.07) is 7.52. The maximum absolute atomic E-state index is 11.5. The van der Waals surface area contributed by atoms with E-state index < -0.39 is 6.04 Å².